The summed E-state index contributed by atoms with van der Waals surface area (Å²) < 4.78 is 69.0. The normalized spacial score (nSPS) is 14.2. The third kappa shape index (κ3) is 83.1. The molecule has 0 spiro atoms. The van der Waals surface area contributed by atoms with Crippen LogP contribution >= 0.6 is 15.6 Å². The Balaban J connectivity index is 5.13. The van der Waals surface area contributed by atoms with Gasteiger partial charge in [0, 0.05) is 25.7 Å². The number of unbranched alkanes of at least 4 members (excludes halogenated alkanes) is 60. The zero-order valence-corrected chi connectivity index (χ0v) is 75.8. The predicted molar refractivity (Wildman–Crippen MR) is 465 cm³/mol. The summed E-state index contributed by atoms with van der Waals surface area (Å²) in [5, 5.41) is 10.7. The summed E-state index contributed by atoms with van der Waals surface area (Å²) in [6.45, 7) is 9.80. The Kier molecular flexibility index (Phi) is 82.6. The molecule has 7 atom stereocenters. The number of carbonyl (C=O) groups is 4. The van der Waals surface area contributed by atoms with Crippen LogP contribution in [0.2, 0.25) is 0 Å². The van der Waals surface area contributed by atoms with E-state index in [-0.39, 0.29) is 25.7 Å². The van der Waals surface area contributed by atoms with Gasteiger partial charge in [-0.2, -0.15) is 0 Å². The molecule has 0 saturated heterocycles. The second kappa shape index (κ2) is 84.1. The second-order valence-corrected chi connectivity index (χ2v) is 36.8. The number of rotatable bonds is 92. The van der Waals surface area contributed by atoms with Gasteiger partial charge in [0.15, 0.2) is 12.2 Å². The minimum absolute atomic E-state index is 0.109. The smallest absolute Gasteiger partial charge is 0.462 e. The van der Waals surface area contributed by atoms with Crippen molar-refractivity contribution in [2.24, 2.45) is 11.8 Å². The SMILES string of the molecule is CCCCCCCCCCCCCCCCCCCCCCCC(=O)O[C@H](COC(=O)CCCCCCCCC)COP(=O)(O)OC[C@H](O)COP(=O)(O)OC[C@@H](COC(=O)CCCCCCCCCCCCCCCCCCCCC(C)CC)OC(=O)CCCCCCCCCCCCCCCCCCCCC(C)CC. The number of carbonyl (C=O) groups excluding carboxylic acids is 4. The molecule has 17 nitrogen and oxygen atoms in total. The maximum absolute atomic E-state index is 13.2. The van der Waals surface area contributed by atoms with Crippen LogP contribution < -0.4 is 0 Å². The van der Waals surface area contributed by atoms with E-state index in [1.807, 2.05) is 0 Å². The number of hydrogen-bond donors (Lipinski definition) is 3. The highest BCUT2D eigenvalue weighted by Crippen LogP contribution is 2.45. The highest BCUT2D eigenvalue weighted by atomic mass is 31.2. The van der Waals surface area contributed by atoms with E-state index in [0.717, 1.165) is 115 Å². The van der Waals surface area contributed by atoms with Crippen molar-refractivity contribution in [1.29, 1.82) is 0 Å². The highest BCUT2D eigenvalue weighted by Gasteiger charge is 2.31. The molecule has 0 fully saturated rings. The Morgan fingerprint density at radius 3 is 0.634 bits per heavy atom. The van der Waals surface area contributed by atoms with Crippen LogP contribution in [0.3, 0.4) is 0 Å². The number of esters is 4. The molecule has 0 aliphatic rings. The van der Waals surface area contributed by atoms with E-state index < -0.39 is 97.5 Å². The molecule has 112 heavy (non-hydrogen) atoms. The first kappa shape index (κ1) is 110. The van der Waals surface area contributed by atoms with Crippen LogP contribution in [-0.2, 0) is 65.4 Å². The molecule has 19 heteroatoms. The lowest BCUT2D eigenvalue weighted by molar-refractivity contribution is -0.161. The fourth-order valence-electron chi connectivity index (χ4n) is 14.6. The molecule has 0 amide bonds. The molecule has 666 valence electrons. The van der Waals surface area contributed by atoms with Crippen LogP contribution in [0, 0.1) is 11.8 Å². The van der Waals surface area contributed by atoms with Gasteiger partial charge in [-0.25, -0.2) is 9.13 Å². The maximum atomic E-state index is 13.2. The monoisotopic (exact) mass is 1630 g/mol. The first-order chi connectivity index (χ1) is 54.4. The van der Waals surface area contributed by atoms with Crippen LogP contribution in [-0.4, -0.2) is 96.7 Å². The molecule has 0 aliphatic carbocycles. The van der Waals surface area contributed by atoms with Crippen LogP contribution in [0.4, 0.5) is 0 Å². The molecular weight excluding hydrogens is 1450 g/mol. The van der Waals surface area contributed by atoms with Gasteiger partial charge in [0.05, 0.1) is 26.4 Å². The molecule has 0 aliphatic heterocycles. The molecule has 0 aromatic heterocycles. The van der Waals surface area contributed by atoms with Crippen molar-refractivity contribution in [2.45, 2.75) is 522 Å². The van der Waals surface area contributed by atoms with Crippen molar-refractivity contribution in [3.8, 4) is 0 Å². The number of aliphatic hydroxyl groups is 1. The summed E-state index contributed by atoms with van der Waals surface area (Å²) in [6.07, 6.45) is 79.5. The van der Waals surface area contributed by atoms with Gasteiger partial charge in [-0.05, 0) is 37.5 Å². The molecule has 0 heterocycles. The second-order valence-electron chi connectivity index (χ2n) is 33.9. The molecule has 4 unspecified atom stereocenters. The lowest BCUT2D eigenvalue weighted by Crippen LogP contribution is -2.30. The van der Waals surface area contributed by atoms with Crippen molar-refractivity contribution in [2.75, 3.05) is 39.6 Å². The fourth-order valence-corrected chi connectivity index (χ4v) is 16.2. The van der Waals surface area contributed by atoms with Gasteiger partial charge in [0.1, 0.15) is 19.3 Å². The first-order valence-corrected chi connectivity index (χ1v) is 51.1. The van der Waals surface area contributed by atoms with Crippen LogP contribution in [0.1, 0.15) is 504 Å². The highest BCUT2D eigenvalue weighted by molar-refractivity contribution is 7.47. The average Bonchev–Trinajstić information content (AvgIpc) is 0.881. The van der Waals surface area contributed by atoms with Crippen LogP contribution in [0.15, 0.2) is 0 Å². The van der Waals surface area contributed by atoms with Crippen molar-refractivity contribution in [1.82, 2.24) is 0 Å². The molecule has 0 saturated carbocycles. The molecule has 0 aromatic carbocycles. The average molecular weight is 1630 g/mol. The van der Waals surface area contributed by atoms with Crippen molar-refractivity contribution in [3.63, 3.8) is 0 Å². The zero-order chi connectivity index (χ0) is 82.0. The van der Waals surface area contributed by atoms with Gasteiger partial charge in [0.2, 0.25) is 0 Å². The summed E-state index contributed by atoms with van der Waals surface area (Å²) in [5.74, 6) is -0.355. The van der Waals surface area contributed by atoms with E-state index in [1.54, 1.807) is 0 Å². The molecule has 0 radical (unpaired) electrons. The van der Waals surface area contributed by atoms with E-state index in [9.17, 15) is 43.2 Å². The topological polar surface area (TPSA) is 237 Å². The maximum Gasteiger partial charge on any atom is 0.472 e. The minimum Gasteiger partial charge on any atom is -0.462 e. The summed E-state index contributed by atoms with van der Waals surface area (Å²) >= 11 is 0. The Bertz CT molecular complexity index is 2140. The van der Waals surface area contributed by atoms with E-state index in [1.165, 1.54) is 308 Å². The third-order valence-corrected chi connectivity index (χ3v) is 24.6. The summed E-state index contributed by atoms with van der Waals surface area (Å²) in [4.78, 5) is 73.3. The molecule has 0 rings (SSSR count). The lowest BCUT2D eigenvalue weighted by atomic mass is 9.99. The number of phosphoric acid groups is 2. The van der Waals surface area contributed by atoms with Gasteiger partial charge >= 0.3 is 39.5 Å². The standard InChI is InChI=1S/C93H182O17P2/c1-7-11-13-15-17-18-19-20-21-22-23-24-25-33-38-43-48-53-59-65-71-77-92(97)109-88(81-103-90(95)75-69-63-55-16-14-12-8-2)83-107-111(99,100)105-79-87(94)80-106-112(101,102)108-84-89(110-93(98)78-72-66-60-54-49-44-39-34-29-27-31-36-41-46-51-57-62-68-74-86(6)10-4)82-104-91(96)76-70-64-58-52-47-42-37-32-28-26-30-35-40-45-50-56-61-67-73-85(5)9-3/h85-89,94H,7-84H2,1-6H3,(H,99,100)(H,101,102)/t85?,86?,87-,88+,89+/m0/s1. The Morgan fingerprint density at radius 2 is 0.429 bits per heavy atom. The Morgan fingerprint density at radius 1 is 0.250 bits per heavy atom. The molecule has 0 bridgehead atoms. The quantitative estimate of drug-likeness (QED) is 0.0222. The third-order valence-electron chi connectivity index (χ3n) is 22.7. The first-order valence-electron chi connectivity index (χ1n) is 48.1. The number of hydrogen-bond acceptors (Lipinski definition) is 15. The van der Waals surface area contributed by atoms with Gasteiger partial charge in [-0.15, -0.1) is 0 Å². The Hall–Kier alpha value is -1.94. The predicted octanol–water partition coefficient (Wildman–Crippen LogP) is 29.0. The zero-order valence-electron chi connectivity index (χ0n) is 74.0. The van der Waals surface area contributed by atoms with Crippen molar-refractivity contribution in [3.05, 3.63) is 0 Å². The van der Waals surface area contributed by atoms with Gasteiger partial charge in [0.25, 0.3) is 0 Å². The Labute approximate surface area is 689 Å². The molecular formula is C93H182O17P2. The van der Waals surface area contributed by atoms with Gasteiger partial charge in [-0.3, -0.25) is 37.3 Å². The van der Waals surface area contributed by atoms with E-state index in [0.29, 0.717) is 25.7 Å². The lowest BCUT2D eigenvalue weighted by Gasteiger charge is -2.21. The van der Waals surface area contributed by atoms with Crippen molar-refractivity contribution < 1.29 is 80.2 Å². The van der Waals surface area contributed by atoms with Gasteiger partial charge < -0.3 is 33.8 Å². The van der Waals surface area contributed by atoms with E-state index in [4.69, 9.17) is 37.0 Å². The molecule has 3 N–H and O–H groups in total. The minimum atomic E-state index is -4.97. The summed E-state index contributed by atoms with van der Waals surface area (Å²) in [7, 11) is -9.93. The fraction of sp³-hybridized carbons (Fsp3) is 0.957. The number of aliphatic hydroxyl groups excluding tert-OH is 1. The molecule has 0 aromatic rings. The van der Waals surface area contributed by atoms with Crippen LogP contribution in [0.5, 0.6) is 0 Å². The largest absolute Gasteiger partial charge is 0.472 e. The summed E-state index contributed by atoms with van der Waals surface area (Å²) in [6, 6.07) is 0. The van der Waals surface area contributed by atoms with Gasteiger partial charge in [-0.1, -0.05) is 452 Å². The van der Waals surface area contributed by atoms with E-state index >= 15 is 0 Å². The summed E-state index contributed by atoms with van der Waals surface area (Å²) in [5.41, 5.74) is 0. The van der Waals surface area contributed by atoms with Crippen molar-refractivity contribution >= 4 is 39.5 Å². The number of ether oxygens (including phenoxy) is 4. The van der Waals surface area contributed by atoms with Crippen LogP contribution in [0.25, 0.3) is 0 Å². The van der Waals surface area contributed by atoms with E-state index in [2.05, 4.69) is 41.5 Å². The number of phosphoric ester groups is 2.